The van der Waals surface area contributed by atoms with Crippen LogP contribution in [0.1, 0.15) is 17.0 Å². The number of methoxy groups -OCH3 is 1. The van der Waals surface area contributed by atoms with Crippen molar-refractivity contribution in [1.29, 1.82) is 5.26 Å². The summed E-state index contributed by atoms with van der Waals surface area (Å²) in [5.41, 5.74) is 2.98. The van der Waals surface area contributed by atoms with Crippen molar-refractivity contribution in [3.05, 3.63) is 47.3 Å². The first kappa shape index (κ1) is 13.0. The molecule has 2 aromatic rings. The van der Waals surface area contributed by atoms with Gasteiger partial charge in [-0.3, -0.25) is 0 Å². The Morgan fingerprint density at radius 2 is 2.11 bits per heavy atom. The summed E-state index contributed by atoms with van der Waals surface area (Å²) in [6.07, 6.45) is 0. The van der Waals surface area contributed by atoms with E-state index in [0.717, 1.165) is 16.9 Å². The number of aryl methyl sites for hydroxylation is 1. The number of rotatable bonds is 4. The Balaban J connectivity index is 2.31. The van der Waals surface area contributed by atoms with Crippen molar-refractivity contribution >= 4 is 11.6 Å². The Morgan fingerprint density at radius 1 is 1.32 bits per heavy atom. The molecule has 96 valence electrons. The summed E-state index contributed by atoms with van der Waals surface area (Å²) in [5, 5.41) is 12.0. The van der Waals surface area contributed by atoms with Gasteiger partial charge in [0, 0.05) is 24.1 Å². The molecule has 19 heavy (non-hydrogen) atoms. The number of ether oxygens (including phenoxy) is 1. The highest BCUT2D eigenvalue weighted by atomic mass is 16.5. The van der Waals surface area contributed by atoms with Crippen LogP contribution in [0.2, 0.25) is 0 Å². The second kappa shape index (κ2) is 5.94. The van der Waals surface area contributed by atoms with Gasteiger partial charge in [-0.05, 0) is 19.1 Å². The highest BCUT2D eigenvalue weighted by Crippen LogP contribution is 2.19. The third-order valence-corrected chi connectivity index (χ3v) is 2.53. The van der Waals surface area contributed by atoms with Crippen molar-refractivity contribution in [1.82, 2.24) is 9.97 Å². The van der Waals surface area contributed by atoms with Crippen LogP contribution in [0.3, 0.4) is 0 Å². The van der Waals surface area contributed by atoms with E-state index in [-0.39, 0.29) is 0 Å². The lowest BCUT2D eigenvalue weighted by atomic mass is 10.2. The van der Waals surface area contributed by atoms with Crippen molar-refractivity contribution in [2.75, 3.05) is 12.4 Å². The van der Waals surface area contributed by atoms with Crippen LogP contribution < -0.4 is 5.32 Å². The van der Waals surface area contributed by atoms with E-state index in [2.05, 4.69) is 15.3 Å². The zero-order valence-electron chi connectivity index (χ0n) is 10.8. The standard InChI is InChI=1S/C14H14N4O/c1-10-7-12(8-15)17-14(16-10)18-13-6-4-3-5-11(13)9-19-2/h3-7H,9H2,1-2H3,(H,16,17,18). The number of aromatic nitrogens is 2. The minimum atomic E-state index is 0.347. The van der Waals surface area contributed by atoms with Crippen LogP contribution >= 0.6 is 0 Å². The summed E-state index contributed by atoms with van der Waals surface area (Å²) in [5.74, 6) is 0.417. The van der Waals surface area contributed by atoms with E-state index in [1.807, 2.05) is 37.3 Å². The van der Waals surface area contributed by atoms with Gasteiger partial charge in [0.05, 0.1) is 6.61 Å². The molecule has 0 aliphatic heterocycles. The average molecular weight is 254 g/mol. The molecule has 0 saturated heterocycles. The van der Waals surface area contributed by atoms with Crippen LogP contribution in [0.5, 0.6) is 0 Å². The number of nitrogens with zero attached hydrogens (tertiary/aromatic N) is 3. The maximum atomic E-state index is 8.90. The molecule has 0 amide bonds. The quantitative estimate of drug-likeness (QED) is 0.907. The first-order valence-corrected chi connectivity index (χ1v) is 5.82. The Labute approximate surface area is 111 Å². The molecule has 0 spiro atoms. The summed E-state index contributed by atoms with van der Waals surface area (Å²) < 4.78 is 5.14. The molecule has 0 saturated carbocycles. The predicted octanol–water partition coefficient (Wildman–Crippen LogP) is 2.55. The second-order valence-electron chi connectivity index (χ2n) is 4.05. The fraction of sp³-hybridized carbons (Fsp3) is 0.214. The van der Waals surface area contributed by atoms with Gasteiger partial charge >= 0.3 is 0 Å². The van der Waals surface area contributed by atoms with Crippen molar-refractivity contribution in [3.63, 3.8) is 0 Å². The van der Waals surface area contributed by atoms with Gasteiger partial charge in [-0.15, -0.1) is 0 Å². The maximum absolute atomic E-state index is 8.90. The fourth-order valence-corrected chi connectivity index (χ4v) is 1.73. The first-order chi connectivity index (χ1) is 9.22. The second-order valence-corrected chi connectivity index (χ2v) is 4.05. The van der Waals surface area contributed by atoms with Crippen molar-refractivity contribution in [2.24, 2.45) is 0 Å². The fourth-order valence-electron chi connectivity index (χ4n) is 1.73. The summed E-state index contributed by atoms with van der Waals surface area (Å²) in [7, 11) is 1.65. The van der Waals surface area contributed by atoms with Gasteiger partial charge in [-0.2, -0.15) is 5.26 Å². The van der Waals surface area contributed by atoms with E-state index in [1.54, 1.807) is 13.2 Å². The number of hydrogen-bond acceptors (Lipinski definition) is 5. The van der Waals surface area contributed by atoms with Gasteiger partial charge in [-0.25, -0.2) is 9.97 Å². The zero-order chi connectivity index (χ0) is 13.7. The monoisotopic (exact) mass is 254 g/mol. The molecule has 0 aliphatic rings. The van der Waals surface area contributed by atoms with Gasteiger partial charge in [0.2, 0.25) is 5.95 Å². The number of hydrogen-bond donors (Lipinski definition) is 1. The summed E-state index contributed by atoms with van der Waals surface area (Å²) in [4.78, 5) is 8.39. The molecule has 1 aromatic heterocycles. The first-order valence-electron chi connectivity index (χ1n) is 5.82. The van der Waals surface area contributed by atoms with E-state index in [4.69, 9.17) is 10.00 Å². The number of para-hydroxylation sites is 1. The third-order valence-electron chi connectivity index (χ3n) is 2.53. The van der Waals surface area contributed by atoms with Gasteiger partial charge in [-0.1, -0.05) is 18.2 Å². The Morgan fingerprint density at radius 3 is 2.84 bits per heavy atom. The zero-order valence-corrected chi connectivity index (χ0v) is 10.8. The van der Waals surface area contributed by atoms with E-state index in [0.29, 0.717) is 18.2 Å². The van der Waals surface area contributed by atoms with Crippen LogP contribution in [0.4, 0.5) is 11.6 Å². The molecule has 0 unspecified atom stereocenters. The lowest BCUT2D eigenvalue weighted by Gasteiger charge is -2.10. The molecule has 1 aromatic carbocycles. The molecule has 1 heterocycles. The maximum Gasteiger partial charge on any atom is 0.228 e. The lowest BCUT2D eigenvalue weighted by molar-refractivity contribution is 0.185. The molecule has 0 atom stereocenters. The molecular formula is C14H14N4O. The molecule has 0 radical (unpaired) electrons. The summed E-state index contributed by atoms with van der Waals surface area (Å²) in [6, 6.07) is 11.4. The van der Waals surface area contributed by atoms with Crippen LogP contribution in [-0.4, -0.2) is 17.1 Å². The summed E-state index contributed by atoms with van der Waals surface area (Å²) >= 11 is 0. The van der Waals surface area contributed by atoms with E-state index >= 15 is 0 Å². The number of nitrogens with one attached hydrogen (secondary N) is 1. The van der Waals surface area contributed by atoms with Crippen LogP contribution in [0.25, 0.3) is 0 Å². The molecular weight excluding hydrogens is 240 g/mol. The molecule has 0 aliphatic carbocycles. The lowest BCUT2D eigenvalue weighted by Crippen LogP contribution is -2.03. The molecule has 0 fully saturated rings. The predicted molar refractivity (Wildman–Crippen MR) is 71.9 cm³/mol. The molecule has 0 bridgehead atoms. The minimum Gasteiger partial charge on any atom is -0.380 e. The van der Waals surface area contributed by atoms with E-state index in [9.17, 15) is 0 Å². The van der Waals surface area contributed by atoms with Gasteiger partial charge < -0.3 is 10.1 Å². The summed E-state index contributed by atoms with van der Waals surface area (Å²) in [6.45, 7) is 2.33. The Bertz CT molecular complexity index is 619. The van der Waals surface area contributed by atoms with Gasteiger partial charge in [0.25, 0.3) is 0 Å². The molecule has 5 heteroatoms. The normalized spacial score (nSPS) is 9.95. The highest BCUT2D eigenvalue weighted by molar-refractivity contribution is 5.58. The highest BCUT2D eigenvalue weighted by Gasteiger charge is 2.05. The van der Waals surface area contributed by atoms with Gasteiger partial charge in [0.1, 0.15) is 11.8 Å². The number of nitriles is 1. The Kier molecular flexibility index (Phi) is 4.06. The number of benzene rings is 1. The van der Waals surface area contributed by atoms with E-state index in [1.165, 1.54) is 0 Å². The smallest absolute Gasteiger partial charge is 0.228 e. The van der Waals surface area contributed by atoms with Crippen molar-refractivity contribution in [2.45, 2.75) is 13.5 Å². The third kappa shape index (κ3) is 3.27. The van der Waals surface area contributed by atoms with Crippen molar-refractivity contribution < 1.29 is 4.74 Å². The van der Waals surface area contributed by atoms with Crippen LogP contribution in [-0.2, 0) is 11.3 Å². The van der Waals surface area contributed by atoms with Crippen molar-refractivity contribution in [3.8, 4) is 6.07 Å². The largest absolute Gasteiger partial charge is 0.380 e. The van der Waals surface area contributed by atoms with E-state index < -0.39 is 0 Å². The molecule has 2 rings (SSSR count). The number of anilines is 2. The minimum absolute atomic E-state index is 0.347. The van der Waals surface area contributed by atoms with Crippen LogP contribution in [0.15, 0.2) is 30.3 Å². The van der Waals surface area contributed by atoms with Crippen LogP contribution in [0, 0.1) is 18.3 Å². The SMILES string of the molecule is COCc1ccccc1Nc1nc(C)cc(C#N)n1. The molecule has 1 N–H and O–H groups in total. The van der Waals surface area contributed by atoms with Gasteiger partial charge in [0.15, 0.2) is 0 Å². The molecule has 5 nitrogen and oxygen atoms in total. The topological polar surface area (TPSA) is 70.8 Å². The average Bonchev–Trinajstić information content (AvgIpc) is 2.40. The Hall–Kier alpha value is -2.45.